The summed E-state index contributed by atoms with van der Waals surface area (Å²) in [4.78, 5) is 17.6. The van der Waals surface area contributed by atoms with Crippen molar-refractivity contribution in [3.8, 4) is 0 Å². The molecule has 0 spiro atoms. The van der Waals surface area contributed by atoms with E-state index in [0.717, 1.165) is 29.8 Å². The summed E-state index contributed by atoms with van der Waals surface area (Å²) >= 11 is 0. The molecule has 0 saturated carbocycles. The highest BCUT2D eigenvalue weighted by atomic mass is 16.1. The molecule has 82 valence electrons. The van der Waals surface area contributed by atoms with Crippen molar-refractivity contribution in [2.45, 2.75) is 12.8 Å². The molecule has 0 aliphatic carbocycles. The van der Waals surface area contributed by atoms with Crippen LogP contribution in [0.5, 0.6) is 0 Å². The van der Waals surface area contributed by atoms with Gasteiger partial charge in [0.05, 0.1) is 6.33 Å². The number of benzene rings is 1. The first-order valence-electron chi connectivity index (χ1n) is 5.13. The Balaban J connectivity index is 2.08. The second-order valence-corrected chi connectivity index (χ2v) is 3.60. The van der Waals surface area contributed by atoms with Crippen LogP contribution in [-0.2, 0) is 12.8 Å². The van der Waals surface area contributed by atoms with Crippen LogP contribution in [-0.4, -0.2) is 9.97 Å². The number of hydrogen-bond acceptors (Lipinski definition) is 3. The Morgan fingerprint density at radius 1 is 1.25 bits per heavy atom. The third-order valence-electron chi connectivity index (χ3n) is 2.44. The van der Waals surface area contributed by atoms with E-state index in [1.54, 1.807) is 0 Å². The van der Waals surface area contributed by atoms with Gasteiger partial charge in [0.25, 0.3) is 5.56 Å². The fraction of sp³-hybridized carbons (Fsp3) is 0.167. The molecule has 0 bridgehead atoms. The monoisotopic (exact) mass is 215 g/mol. The number of aryl methyl sites for hydroxylation is 2. The van der Waals surface area contributed by atoms with Crippen molar-refractivity contribution in [3.05, 3.63) is 58.3 Å². The molecule has 0 fully saturated rings. The topological polar surface area (TPSA) is 71.8 Å². The number of nitrogens with zero attached hydrogens (tertiary/aromatic N) is 1. The van der Waals surface area contributed by atoms with E-state index in [2.05, 4.69) is 9.97 Å². The highest BCUT2D eigenvalue weighted by molar-refractivity contribution is 5.46. The van der Waals surface area contributed by atoms with Crippen molar-refractivity contribution in [2.24, 2.45) is 0 Å². The molecule has 0 atom stereocenters. The van der Waals surface area contributed by atoms with Gasteiger partial charge in [0.15, 0.2) is 0 Å². The van der Waals surface area contributed by atoms with E-state index in [0.29, 0.717) is 0 Å². The molecule has 0 saturated heterocycles. The molecule has 2 aromatic rings. The van der Waals surface area contributed by atoms with Gasteiger partial charge in [-0.2, -0.15) is 0 Å². The normalized spacial score (nSPS) is 10.2. The summed E-state index contributed by atoms with van der Waals surface area (Å²) in [7, 11) is 0. The summed E-state index contributed by atoms with van der Waals surface area (Å²) in [5.41, 5.74) is 8.36. The fourth-order valence-electron chi connectivity index (χ4n) is 1.57. The van der Waals surface area contributed by atoms with E-state index in [9.17, 15) is 4.79 Å². The van der Waals surface area contributed by atoms with Gasteiger partial charge in [0.1, 0.15) is 0 Å². The summed E-state index contributed by atoms with van der Waals surface area (Å²) in [6, 6.07) is 9.24. The number of para-hydroxylation sites is 1. The van der Waals surface area contributed by atoms with Crippen LogP contribution in [0.1, 0.15) is 11.3 Å². The number of H-pyrrole nitrogens is 1. The number of anilines is 1. The molecule has 0 aliphatic heterocycles. The van der Waals surface area contributed by atoms with Gasteiger partial charge in [-0.15, -0.1) is 0 Å². The number of hydrogen-bond donors (Lipinski definition) is 2. The standard InChI is InChI=1S/C12H13N3O/c13-11-4-2-1-3-9(11)5-6-10-7-12(16)15-8-14-10/h1-4,7-8H,5-6,13H2,(H,14,15,16). The first-order valence-corrected chi connectivity index (χ1v) is 5.13. The van der Waals surface area contributed by atoms with Gasteiger partial charge in [0.2, 0.25) is 0 Å². The Bertz CT molecular complexity index is 534. The number of nitrogen functional groups attached to an aromatic ring is 1. The molecule has 16 heavy (non-hydrogen) atoms. The Labute approximate surface area is 93.2 Å². The molecule has 0 aliphatic rings. The minimum absolute atomic E-state index is 0.119. The second-order valence-electron chi connectivity index (χ2n) is 3.60. The van der Waals surface area contributed by atoms with Gasteiger partial charge in [0, 0.05) is 17.4 Å². The minimum Gasteiger partial charge on any atom is -0.399 e. The first-order chi connectivity index (χ1) is 7.75. The van der Waals surface area contributed by atoms with Gasteiger partial charge in [-0.1, -0.05) is 18.2 Å². The maximum atomic E-state index is 11.0. The number of rotatable bonds is 3. The summed E-state index contributed by atoms with van der Waals surface area (Å²) in [5, 5.41) is 0. The zero-order valence-electron chi connectivity index (χ0n) is 8.81. The SMILES string of the molecule is Nc1ccccc1CCc1cc(=O)[nH]cn1. The van der Waals surface area contributed by atoms with E-state index >= 15 is 0 Å². The van der Waals surface area contributed by atoms with Crippen LogP contribution < -0.4 is 11.3 Å². The Kier molecular flexibility index (Phi) is 3.00. The Morgan fingerprint density at radius 3 is 2.81 bits per heavy atom. The van der Waals surface area contributed by atoms with Crippen LogP contribution in [0.2, 0.25) is 0 Å². The van der Waals surface area contributed by atoms with Crippen LogP contribution in [0, 0.1) is 0 Å². The predicted octanol–water partition coefficient (Wildman–Crippen LogP) is 1.14. The molecular formula is C12H13N3O. The number of nitrogens with two attached hydrogens (primary N) is 1. The second kappa shape index (κ2) is 4.61. The molecule has 0 unspecified atom stereocenters. The van der Waals surface area contributed by atoms with Gasteiger partial charge in [-0.3, -0.25) is 4.79 Å². The van der Waals surface area contributed by atoms with E-state index in [4.69, 9.17) is 5.73 Å². The molecule has 3 N–H and O–H groups in total. The number of nitrogens with one attached hydrogen (secondary N) is 1. The average molecular weight is 215 g/mol. The van der Waals surface area contributed by atoms with E-state index in [-0.39, 0.29) is 5.56 Å². The zero-order valence-corrected chi connectivity index (χ0v) is 8.81. The molecule has 0 amide bonds. The minimum atomic E-state index is -0.119. The van der Waals surface area contributed by atoms with Crippen molar-refractivity contribution in [1.82, 2.24) is 9.97 Å². The quantitative estimate of drug-likeness (QED) is 0.754. The van der Waals surface area contributed by atoms with E-state index in [1.807, 2.05) is 24.3 Å². The van der Waals surface area contributed by atoms with Gasteiger partial charge in [-0.05, 0) is 24.5 Å². The fourth-order valence-corrected chi connectivity index (χ4v) is 1.57. The maximum absolute atomic E-state index is 11.0. The molecule has 2 rings (SSSR count). The summed E-state index contributed by atoms with van der Waals surface area (Å²) in [5.74, 6) is 0. The van der Waals surface area contributed by atoms with Crippen molar-refractivity contribution >= 4 is 5.69 Å². The lowest BCUT2D eigenvalue weighted by Crippen LogP contribution is -2.07. The molecular weight excluding hydrogens is 202 g/mol. The summed E-state index contributed by atoms with van der Waals surface area (Å²) in [6.07, 6.45) is 2.94. The lowest BCUT2D eigenvalue weighted by Gasteiger charge is -2.04. The lowest BCUT2D eigenvalue weighted by molar-refractivity contribution is 0.894. The van der Waals surface area contributed by atoms with Crippen LogP contribution in [0.15, 0.2) is 41.5 Å². The molecule has 4 nitrogen and oxygen atoms in total. The summed E-state index contributed by atoms with van der Waals surface area (Å²) < 4.78 is 0. The molecule has 4 heteroatoms. The first kappa shape index (κ1) is 10.4. The predicted molar refractivity (Wildman–Crippen MR) is 63.1 cm³/mol. The van der Waals surface area contributed by atoms with Gasteiger partial charge in [-0.25, -0.2) is 4.98 Å². The lowest BCUT2D eigenvalue weighted by atomic mass is 10.1. The Morgan fingerprint density at radius 2 is 2.06 bits per heavy atom. The number of aromatic nitrogens is 2. The van der Waals surface area contributed by atoms with Gasteiger partial charge < -0.3 is 10.7 Å². The van der Waals surface area contributed by atoms with Crippen molar-refractivity contribution in [2.75, 3.05) is 5.73 Å². The highest BCUT2D eigenvalue weighted by Gasteiger charge is 2.00. The molecule has 1 aromatic heterocycles. The Hall–Kier alpha value is -2.10. The van der Waals surface area contributed by atoms with Crippen molar-refractivity contribution in [3.63, 3.8) is 0 Å². The largest absolute Gasteiger partial charge is 0.399 e. The average Bonchev–Trinajstić information content (AvgIpc) is 2.28. The van der Waals surface area contributed by atoms with Crippen LogP contribution in [0.25, 0.3) is 0 Å². The zero-order chi connectivity index (χ0) is 11.4. The van der Waals surface area contributed by atoms with Crippen molar-refractivity contribution < 1.29 is 0 Å². The molecule has 1 heterocycles. The summed E-state index contributed by atoms with van der Waals surface area (Å²) in [6.45, 7) is 0. The van der Waals surface area contributed by atoms with Crippen LogP contribution in [0.3, 0.4) is 0 Å². The highest BCUT2D eigenvalue weighted by Crippen LogP contribution is 2.12. The third kappa shape index (κ3) is 2.48. The molecule has 1 aromatic carbocycles. The van der Waals surface area contributed by atoms with Crippen molar-refractivity contribution in [1.29, 1.82) is 0 Å². The van der Waals surface area contributed by atoms with Crippen LogP contribution in [0.4, 0.5) is 5.69 Å². The van der Waals surface area contributed by atoms with E-state index in [1.165, 1.54) is 12.4 Å². The smallest absolute Gasteiger partial charge is 0.250 e. The van der Waals surface area contributed by atoms with Gasteiger partial charge >= 0.3 is 0 Å². The maximum Gasteiger partial charge on any atom is 0.250 e. The van der Waals surface area contributed by atoms with Crippen LogP contribution >= 0.6 is 0 Å². The van der Waals surface area contributed by atoms with E-state index < -0.39 is 0 Å². The number of aromatic amines is 1. The third-order valence-corrected chi connectivity index (χ3v) is 2.44. The molecule has 0 radical (unpaired) electrons.